The van der Waals surface area contributed by atoms with Crippen LogP contribution in [0.15, 0.2) is 0 Å². The molecular weight excluding hydrogens is 114 g/mol. The van der Waals surface area contributed by atoms with E-state index in [4.69, 9.17) is 4.74 Å². The van der Waals surface area contributed by atoms with E-state index in [1.165, 1.54) is 0 Å². The van der Waals surface area contributed by atoms with Gasteiger partial charge in [0.2, 0.25) is 0 Å². The molecule has 0 rings (SSSR count). The average molecular weight is 131 g/mol. The lowest BCUT2D eigenvalue weighted by Gasteiger charge is -2.24. The predicted octanol–water partition coefficient (Wildman–Crippen LogP) is 1.37. The van der Waals surface area contributed by atoms with Crippen molar-refractivity contribution in [1.82, 2.24) is 5.32 Å². The molecule has 0 bridgehead atoms. The number of nitrogens with one attached hydrogen (secondary N) is 1. The van der Waals surface area contributed by atoms with Crippen LogP contribution in [-0.2, 0) is 4.74 Å². The van der Waals surface area contributed by atoms with Gasteiger partial charge >= 0.3 is 0 Å². The van der Waals surface area contributed by atoms with Crippen molar-refractivity contribution in [3.8, 4) is 0 Å². The van der Waals surface area contributed by atoms with Gasteiger partial charge in [0.1, 0.15) is 6.23 Å². The van der Waals surface area contributed by atoms with Crippen molar-refractivity contribution in [2.75, 3.05) is 7.05 Å². The zero-order valence-electron chi connectivity index (χ0n) is 6.99. The maximum atomic E-state index is 5.48. The molecule has 1 N–H and O–H groups in total. The zero-order chi connectivity index (χ0) is 7.49. The fraction of sp³-hybridized carbons (Fsp3) is 1.00. The van der Waals surface area contributed by atoms with Crippen LogP contribution in [0.1, 0.15) is 27.7 Å². The van der Waals surface area contributed by atoms with Crippen LogP contribution in [0.25, 0.3) is 0 Å². The van der Waals surface area contributed by atoms with Gasteiger partial charge in [-0.15, -0.1) is 0 Å². The number of hydrogen-bond donors (Lipinski definition) is 1. The first-order valence-electron chi connectivity index (χ1n) is 3.31. The average Bonchev–Trinajstić information content (AvgIpc) is 1.62. The van der Waals surface area contributed by atoms with Gasteiger partial charge in [-0.1, -0.05) is 0 Å². The van der Waals surface area contributed by atoms with Gasteiger partial charge in [-0.3, -0.25) is 5.32 Å². The van der Waals surface area contributed by atoms with Gasteiger partial charge in [-0.25, -0.2) is 0 Å². The molecule has 0 aliphatic heterocycles. The molecule has 0 amide bonds. The van der Waals surface area contributed by atoms with E-state index in [0.29, 0.717) is 0 Å². The third-order valence-electron chi connectivity index (χ3n) is 0.937. The number of ether oxygens (including phenoxy) is 1. The SMILES string of the molecule is CNC(C)OC(C)(C)C. The second-order valence-electron chi connectivity index (χ2n) is 3.16. The Balaban J connectivity index is 3.47. The molecule has 0 aliphatic carbocycles. The Morgan fingerprint density at radius 2 is 1.78 bits per heavy atom. The first-order valence-corrected chi connectivity index (χ1v) is 3.31. The van der Waals surface area contributed by atoms with E-state index in [9.17, 15) is 0 Å². The molecule has 0 heterocycles. The van der Waals surface area contributed by atoms with Gasteiger partial charge in [0.05, 0.1) is 5.60 Å². The van der Waals surface area contributed by atoms with Gasteiger partial charge in [-0.05, 0) is 34.7 Å². The Labute approximate surface area is 57.6 Å². The van der Waals surface area contributed by atoms with Crippen molar-refractivity contribution in [2.24, 2.45) is 0 Å². The van der Waals surface area contributed by atoms with Crippen LogP contribution < -0.4 is 5.32 Å². The Morgan fingerprint density at radius 1 is 1.33 bits per heavy atom. The van der Waals surface area contributed by atoms with E-state index >= 15 is 0 Å². The summed E-state index contributed by atoms with van der Waals surface area (Å²) in [5.41, 5.74) is -0.0393. The van der Waals surface area contributed by atoms with E-state index in [1.54, 1.807) is 0 Å². The molecule has 0 radical (unpaired) electrons. The predicted molar refractivity (Wildman–Crippen MR) is 39.4 cm³/mol. The summed E-state index contributed by atoms with van der Waals surface area (Å²) in [6, 6.07) is 0. The largest absolute Gasteiger partial charge is 0.358 e. The molecule has 0 saturated heterocycles. The van der Waals surface area contributed by atoms with Crippen LogP contribution in [0.4, 0.5) is 0 Å². The van der Waals surface area contributed by atoms with Gasteiger partial charge in [0.15, 0.2) is 0 Å². The molecule has 0 aromatic heterocycles. The van der Waals surface area contributed by atoms with Gasteiger partial charge < -0.3 is 4.74 Å². The van der Waals surface area contributed by atoms with Gasteiger partial charge in [-0.2, -0.15) is 0 Å². The smallest absolute Gasteiger partial charge is 0.105 e. The van der Waals surface area contributed by atoms with E-state index in [1.807, 2.05) is 34.7 Å². The van der Waals surface area contributed by atoms with Crippen molar-refractivity contribution < 1.29 is 4.74 Å². The Hall–Kier alpha value is -0.0800. The second-order valence-corrected chi connectivity index (χ2v) is 3.16. The van der Waals surface area contributed by atoms with Crippen molar-refractivity contribution >= 4 is 0 Å². The topological polar surface area (TPSA) is 21.3 Å². The van der Waals surface area contributed by atoms with Crippen molar-refractivity contribution in [3.05, 3.63) is 0 Å². The minimum atomic E-state index is -0.0393. The number of hydrogen-bond acceptors (Lipinski definition) is 2. The second kappa shape index (κ2) is 3.18. The quantitative estimate of drug-likeness (QED) is 0.571. The Kier molecular flexibility index (Phi) is 3.15. The lowest BCUT2D eigenvalue weighted by atomic mass is 10.2. The molecule has 0 fully saturated rings. The lowest BCUT2D eigenvalue weighted by Crippen LogP contribution is -2.33. The maximum Gasteiger partial charge on any atom is 0.105 e. The standard InChI is InChI=1S/C7H17NO/c1-6(8-5)9-7(2,3)4/h6,8H,1-5H3. The summed E-state index contributed by atoms with van der Waals surface area (Å²) in [4.78, 5) is 0. The highest BCUT2D eigenvalue weighted by Gasteiger charge is 2.12. The van der Waals surface area contributed by atoms with Crippen LogP contribution in [0.2, 0.25) is 0 Å². The lowest BCUT2D eigenvalue weighted by molar-refractivity contribution is -0.0624. The minimum absolute atomic E-state index is 0.0393. The summed E-state index contributed by atoms with van der Waals surface area (Å²) in [5.74, 6) is 0. The summed E-state index contributed by atoms with van der Waals surface area (Å²) in [5, 5.41) is 3.00. The molecule has 1 atom stereocenters. The molecule has 0 aliphatic rings. The van der Waals surface area contributed by atoms with Crippen LogP contribution in [0.5, 0.6) is 0 Å². The highest BCUT2D eigenvalue weighted by Crippen LogP contribution is 2.08. The normalized spacial score (nSPS) is 15.7. The maximum absolute atomic E-state index is 5.48. The summed E-state index contributed by atoms with van der Waals surface area (Å²) in [6.07, 6.45) is 0.144. The molecule has 0 aromatic rings. The fourth-order valence-electron chi connectivity index (χ4n) is 0.589. The van der Waals surface area contributed by atoms with Gasteiger partial charge in [0.25, 0.3) is 0 Å². The van der Waals surface area contributed by atoms with E-state index in [0.717, 1.165) is 0 Å². The van der Waals surface area contributed by atoms with Crippen LogP contribution in [0, 0.1) is 0 Å². The fourth-order valence-corrected chi connectivity index (χ4v) is 0.589. The zero-order valence-corrected chi connectivity index (χ0v) is 6.99. The molecule has 1 unspecified atom stereocenters. The monoisotopic (exact) mass is 131 g/mol. The van der Waals surface area contributed by atoms with Crippen LogP contribution >= 0.6 is 0 Å². The molecule has 56 valence electrons. The third-order valence-corrected chi connectivity index (χ3v) is 0.937. The third kappa shape index (κ3) is 5.80. The van der Waals surface area contributed by atoms with Crippen molar-refractivity contribution in [1.29, 1.82) is 0 Å². The van der Waals surface area contributed by atoms with Gasteiger partial charge in [0, 0.05) is 0 Å². The van der Waals surface area contributed by atoms with Crippen molar-refractivity contribution in [2.45, 2.75) is 39.5 Å². The molecule has 2 nitrogen and oxygen atoms in total. The highest BCUT2D eigenvalue weighted by molar-refractivity contribution is 4.60. The van der Waals surface area contributed by atoms with Crippen LogP contribution in [-0.4, -0.2) is 18.9 Å². The summed E-state index contributed by atoms with van der Waals surface area (Å²) in [6.45, 7) is 8.12. The minimum Gasteiger partial charge on any atom is -0.358 e. The van der Waals surface area contributed by atoms with E-state index < -0.39 is 0 Å². The Morgan fingerprint density at radius 3 is 1.89 bits per heavy atom. The molecule has 9 heavy (non-hydrogen) atoms. The summed E-state index contributed by atoms with van der Waals surface area (Å²) in [7, 11) is 1.89. The molecule has 0 spiro atoms. The van der Waals surface area contributed by atoms with Crippen LogP contribution in [0.3, 0.4) is 0 Å². The first-order chi connectivity index (χ1) is 3.95. The van der Waals surface area contributed by atoms with E-state index in [-0.39, 0.29) is 11.8 Å². The molecule has 0 saturated carbocycles. The van der Waals surface area contributed by atoms with E-state index in [2.05, 4.69) is 5.32 Å². The summed E-state index contributed by atoms with van der Waals surface area (Å²) >= 11 is 0. The van der Waals surface area contributed by atoms with Crippen molar-refractivity contribution in [3.63, 3.8) is 0 Å². The molecule has 0 aromatic carbocycles. The number of rotatable bonds is 2. The summed E-state index contributed by atoms with van der Waals surface area (Å²) < 4.78 is 5.48. The highest BCUT2D eigenvalue weighted by atomic mass is 16.5. The Bertz CT molecular complexity index is 75.5. The molecule has 2 heteroatoms. The first kappa shape index (κ1) is 8.92. The molecular formula is C7H17NO.